The molecule has 10 aromatic carbocycles. The van der Waals surface area contributed by atoms with E-state index < -0.39 is 0 Å². The lowest BCUT2D eigenvalue weighted by molar-refractivity contribution is 0.590. The molecule has 0 unspecified atom stereocenters. The molecule has 0 amide bonds. The number of nitriles is 2. The molecule has 0 saturated carbocycles. The van der Waals surface area contributed by atoms with E-state index in [9.17, 15) is 10.5 Å². The molecule has 5 heteroatoms. The summed E-state index contributed by atoms with van der Waals surface area (Å²) in [7, 11) is 0. The van der Waals surface area contributed by atoms with Crippen molar-refractivity contribution in [1.29, 1.82) is 10.5 Å². The van der Waals surface area contributed by atoms with Gasteiger partial charge in [-0.1, -0.05) is 106 Å². The predicted molar refractivity (Wildman–Crippen MR) is 279 cm³/mol. The van der Waals surface area contributed by atoms with Gasteiger partial charge in [0.15, 0.2) is 0 Å². The maximum absolute atomic E-state index is 9.86. The SMILES string of the molecule is CC(C)(C)c1ccc(-c2cc3c4cc5ccc(N(c6ccccc6)c6cccc(C#N)c6)cc5cc4n4c5cc6cc(N(c7ccccc7)c7cccc(C#N)c7)ccc6cc5c(c2)c34)cc1. The largest absolute Gasteiger partial charge is 0.310 e. The Morgan fingerprint density at radius 3 is 1.27 bits per heavy atom. The molecule has 0 radical (unpaired) electrons. The van der Waals surface area contributed by atoms with E-state index in [-0.39, 0.29) is 5.41 Å². The number of rotatable bonds is 7. The molecule has 5 nitrogen and oxygen atoms in total. The van der Waals surface area contributed by atoms with Crippen LogP contribution in [-0.4, -0.2) is 4.40 Å². The normalized spacial score (nSPS) is 11.8. The number of para-hydroxylation sites is 2. The maximum atomic E-state index is 9.86. The third kappa shape index (κ3) is 6.68. The van der Waals surface area contributed by atoms with E-state index in [1.165, 1.54) is 43.8 Å². The quantitative estimate of drug-likeness (QED) is 0.160. The lowest BCUT2D eigenvalue weighted by Crippen LogP contribution is -2.10. The van der Waals surface area contributed by atoms with Crippen LogP contribution in [0.1, 0.15) is 37.5 Å². The van der Waals surface area contributed by atoms with Gasteiger partial charge in [-0.05, 0) is 165 Å². The molecule has 316 valence electrons. The highest BCUT2D eigenvalue weighted by molar-refractivity contribution is 6.27. The minimum atomic E-state index is 0.0579. The second-order valence-electron chi connectivity index (χ2n) is 18.6. The summed E-state index contributed by atoms with van der Waals surface area (Å²) in [5.41, 5.74) is 14.4. The van der Waals surface area contributed by atoms with E-state index in [2.05, 4.69) is 205 Å². The molecule has 0 spiro atoms. The number of anilines is 6. The van der Waals surface area contributed by atoms with Crippen LogP contribution in [0.25, 0.3) is 70.8 Å². The number of aromatic nitrogens is 1. The molecule has 0 aliphatic carbocycles. The number of benzene rings is 10. The van der Waals surface area contributed by atoms with Gasteiger partial charge >= 0.3 is 0 Å². The van der Waals surface area contributed by atoms with Crippen molar-refractivity contribution in [3.05, 3.63) is 223 Å². The van der Waals surface area contributed by atoms with Gasteiger partial charge in [-0.2, -0.15) is 10.5 Å². The van der Waals surface area contributed by atoms with Gasteiger partial charge in [0.25, 0.3) is 0 Å². The first-order valence-corrected chi connectivity index (χ1v) is 22.7. The van der Waals surface area contributed by atoms with Crippen molar-refractivity contribution in [3.8, 4) is 23.3 Å². The number of nitrogens with zero attached hydrogens (tertiary/aromatic N) is 5. The van der Waals surface area contributed by atoms with Gasteiger partial charge in [0, 0.05) is 55.7 Å². The van der Waals surface area contributed by atoms with Crippen LogP contribution in [0.2, 0.25) is 0 Å². The highest BCUT2D eigenvalue weighted by atomic mass is 15.1. The summed E-state index contributed by atoms with van der Waals surface area (Å²) in [6.07, 6.45) is 0. The maximum Gasteiger partial charge on any atom is 0.0992 e. The van der Waals surface area contributed by atoms with Gasteiger partial charge in [0.2, 0.25) is 0 Å². The van der Waals surface area contributed by atoms with Crippen LogP contribution in [-0.2, 0) is 5.41 Å². The fourth-order valence-corrected chi connectivity index (χ4v) is 10.1. The fraction of sp³-hybridized carbons (Fsp3) is 0.0645. The molecule has 0 bridgehead atoms. The average Bonchev–Trinajstić information content (AvgIpc) is 3.86. The minimum Gasteiger partial charge on any atom is -0.310 e. The van der Waals surface area contributed by atoms with Crippen molar-refractivity contribution in [2.75, 3.05) is 9.80 Å². The predicted octanol–water partition coefficient (Wildman–Crippen LogP) is 16.8. The third-order valence-corrected chi connectivity index (χ3v) is 13.4. The Labute approximate surface area is 389 Å². The summed E-state index contributed by atoms with van der Waals surface area (Å²) in [4.78, 5) is 4.45. The minimum absolute atomic E-state index is 0.0579. The highest BCUT2D eigenvalue weighted by Crippen LogP contribution is 2.46. The second-order valence-corrected chi connectivity index (χ2v) is 18.6. The molecule has 12 aromatic rings. The van der Waals surface area contributed by atoms with E-state index in [0.717, 1.165) is 66.7 Å². The monoisotopic (exact) mass is 857 g/mol. The summed E-state index contributed by atoms with van der Waals surface area (Å²) in [6, 6.07) is 77.7. The van der Waals surface area contributed by atoms with E-state index >= 15 is 0 Å². The van der Waals surface area contributed by atoms with Crippen molar-refractivity contribution >= 4 is 93.8 Å². The zero-order valence-corrected chi connectivity index (χ0v) is 37.4. The molecule has 12 rings (SSSR count). The summed E-state index contributed by atoms with van der Waals surface area (Å²) in [5.74, 6) is 0. The Balaban J connectivity index is 1.11. The lowest BCUT2D eigenvalue weighted by atomic mass is 9.86. The van der Waals surface area contributed by atoms with Crippen molar-refractivity contribution < 1.29 is 0 Å². The Kier molecular flexibility index (Phi) is 9.11. The van der Waals surface area contributed by atoms with Crippen molar-refractivity contribution in [3.63, 3.8) is 0 Å². The third-order valence-electron chi connectivity index (χ3n) is 13.4. The van der Waals surface area contributed by atoms with Gasteiger partial charge in [-0.25, -0.2) is 0 Å². The summed E-state index contributed by atoms with van der Waals surface area (Å²) >= 11 is 0. The average molecular weight is 858 g/mol. The highest BCUT2D eigenvalue weighted by Gasteiger charge is 2.23. The Bertz CT molecular complexity index is 3750. The molecular formula is C62H43N5. The van der Waals surface area contributed by atoms with Gasteiger partial charge in [-0.15, -0.1) is 0 Å². The number of hydrogen-bond acceptors (Lipinski definition) is 4. The topological polar surface area (TPSA) is 58.5 Å². The Morgan fingerprint density at radius 1 is 0.373 bits per heavy atom. The van der Waals surface area contributed by atoms with Gasteiger partial charge in [0.1, 0.15) is 0 Å². The zero-order chi connectivity index (χ0) is 45.4. The van der Waals surface area contributed by atoms with Crippen molar-refractivity contribution in [2.45, 2.75) is 26.2 Å². The second kappa shape index (κ2) is 15.4. The van der Waals surface area contributed by atoms with E-state index in [1.807, 2.05) is 48.5 Å². The van der Waals surface area contributed by atoms with E-state index in [4.69, 9.17) is 0 Å². The van der Waals surface area contributed by atoms with Gasteiger partial charge in [-0.3, -0.25) is 0 Å². The number of fused-ring (bicyclic) bond motifs is 8. The molecule has 0 atom stereocenters. The molecule has 0 aliphatic heterocycles. The number of hydrogen-bond donors (Lipinski definition) is 0. The molecule has 0 N–H and O–H groups in total. The van der Waals surface area contributed by atoms with Crippen LogP contribution in [0, 0.1) is 22.7 Å². The molecule has 67 heavy (non-hydrogen) atoms. The molecule has 2 aromatic heterocycles. The van der Waals surface area contributed by atoms with E-state index in [0.29, 0.717) is 11.1 Å². The standard InChI is InChI=1S/C62H43N5/c1-62(2,3)48-24-20-42(21-25-48)47-34-57-55-32-43-22-26-53(65(49-14-6-4-7-15-49)51-18-10-12-40(28-51)38-63)30-45(43)36-59(55)67-60-37-46-31-54(27-23-44(46)33-56(60)58(35-47)61(57)67)66(50-16-8-5-9-17-50)52-19-11-13-41(29-52)39-64/h4-37H,1-3H3. The molecule has 0 fully saturated rings. The first-order valence-electron chi connectivity index (χ1n) is 22.7. The van der Waals surface area contributed by atoms with Crippen LogP contribution in [0.15, 0.2) is 206 Å². The zero-order valence-electron chi connectivity index (χ0n) is 37.4. The van der Waals surface area contributed by atoms with Crippen LogP contribution < -0.4 is 9.80 Å². The summed E-state index contributed by atoms with van der Waals surface area (Å²) < 4.78 is 2.48. The molecule has 0 saturated heterocycles. The van der Waals surface area contributed by atoms with Crippen molar-refractivity contribution in [2.24, 2.45) is 0 Å². The van der Waals surface area contributed by atoms with Gasteiger partial charge in [0.05, 0.1) is 39.8 Å². The summed E-state index contributed by atoms with van der Waals surface area (Å²) in [6.45, 7) is 6.79. The molecular weight excluding hydrogens is 815 g/mol. The summed E-state index contributed by atoms with van der Waals surface area (Å²) in [5, 5.41) is 29.1. The molecule has 0 aliphatic rings. The van der Waals surface area contributed by atoms with Crippen LogP contribution in [0.5, 0.6) is 0 Å². The smallest absolute Gasteiger partial charge is 0.0992 e. The van der Waals surface area contributed by atoms with Crippen LogP contribution in [0.3, 0.4) is 0 Å². The fourth-order valence-electron chi connectivity index (χ4n) is 10.1. The van der Waals surface area contributed by atoms with Crippen LogP contribution >= 0.6 is 0 Å². The van der Waals surface area contributed by atoms with Crippen molar-refractivity contribution in [1.82, 2.24) is 4.40 Å². The lowest BCUT2D eigenvalue weighted by Gasteiger charge is -2.26. The van der Waals surface area contributed by atoms with E-state index in [1.54, 1.807) is 0 Å². The molecule has 2 heterocycles. The van der Waals surface area contributed by atoms with Gasteiger partial charge < -0.3 is 14.2 Å². The first kappa shape index (κ1) is 39.7. The first-order chi connectivity index (χ1) is 32.7. The Hall–Kier alpha value is -8.90. The van der Waals surface area contributed by atoms with Crippen LogP contribution in [0.4, 0.5) is 34.1 Å². The Morgan fingerprint density at radius 2 is 0.821 bits per heavy atom.